The van der Waals surface area contributed by atoms with Crippen LogP contribution in [0.1, 0.15) is 23.7 Å². The van der Waals surface area contributed by atoms with E-state index in [4.69, 9.17) is 5.73 Å². The number of nitrogens with one attached hydrogen (secondary N) is 1. The summed E-state index contributed by atoms with van der Waals surface area (Å²) in [5, 5.41) is 2.79. The van der Waals surface area contributed by atoms with E-state index in [1.54, 1.807) is 0 Å². The molecule has 1 aromatic rings. The molecule has 1 aromatic carbocycles. The quantitative estimate of drug-likeness (QED) is 0.818. The Balaban J connectivity index is 2.77. The van der Waals surface area contributed by atoms with Crippen LogP contribution in [0.3, 0.4) is 0 Å². The Morgan fingerprint density at radius 1 is 1.33 bits per heavy atom. The number of hydrogen-bond acceptors (Lipinski definition) is 4. The Morgan fingerprint density at radius 3 is 2.33 bits per heavy atom. The summed E-state index contributed by atoms with van der Waals surface area (Å²) in [6, 6.07) is 5.86. The van der Waals surface area contributed by atoms with Crippen LogP contribution in [0, 0.1) is 0 Å². The molecule has 6 heteroatoms. The summed E-state index contributed by atoms with van der Waals surface area (Å²) in [6.45, 7) is 2.38. The second-order valence-electron chi connectivity index (χ2n) is 4.25. The zero-order chi connectivity index (χ0) is 13.8. The highest BCUT2D eigenvalue weighted by Gasteiger charge is 2.11. The van der Waals surface area contributed by atoms with Gasteiger partial charge in [0.05, 0.1) is 4.90 Å². The van der Waals surface area contributed by atoms with Crippen LogP contribution < -0.4 is 11.1 Å². The van der Waals surface area contributed by atoms with Crippen LogP contribution >= 0.6 is 0 Å². The van der Waals surface area contributed by atoms with Crippen molar-refractivity contribution in [3.05, 3.63) is 29.8 Å². The van der Waals surface area contributed by atoms with Crippen molar-refractivity contribution in [1.29, 1.82) is 0 Å². The molecule has 0 saturated heterocycles. The maximum atomic E-state index is 11.8. The number of rotatable bonds is 5. The standard InChI is InChI=1S/C12H18N2O3S/c1-9(7-8-13)14-12(15)10-3-5-11(6-4-10)18(2,16)17/h3-6,9H,7-8,13H2,1-2H3,(H,14,15). The van der Waals surface area contributed by atoms with E-state index in [-0.39, 0.29) is 16.8 Å². The van der Waals surface area contributed by atoms with Gasteiger partial charge >= 0.3 is 0 Å². The highest BCUT2D eigenvalue weighted by atomic mass is 32.2. The maximum absolute atomic E-state index is 11.8. The van der Waals surface area contributed by atoms with Gasteiger partial charge in [-0.1, -0.05) is 0 Å². The topological polar surface area (TPSA) is 89.3 Å². The zero-order valence-corrected chi connectivity index (χ0v) is 11.3. The molecule has 0 heterocycles. The monoisotopic (exact) mass is 270 g/mol. The number of hydrogen-bond donors (Lipinski definition) is 2. The van der Waals surface area contributed by atoms with Gasteiger partial charge < -0.3 is 11.1 Å². The molecule has 0 radical (unpaired) electrons. The van der Waals surface area contributed by atoms with Crippen molar-refractivity contribution in [1.82, 2.24) is 5.32 Å². The number of carbonyl (C=O) groups is 1. The molecule has 0 aromatic heterocycles. The Morgan fingerprint density at radius 2 is 1.89 bits per heavy atom. The molecule has 0 aliphatic carbocycles. The van der Waals surface area contributed by atoms with Crippen LogP contribution in [-0.2, 0) is 9.84 Å². The van der Waals surface area contributed by atoms with E-state index in [9.17, 15) is 13.2 Å². The van der Waals surface area contributed by atoms with Gasteiger partial charge in [0, 0.05) is 17.9 Å². The Kier molecular flexibility index (Phi) is 4.86. The van der Waals surface area contributed by atoms with Crippen LogP contribution in [0.5, 0.6) is 0 Å². The van der Waals surface area contributed by atoms with Gasteiger partial charge in [-0.25, -0.2) is 8.42 Å². The third-order valence-corrected chi connectivity index (χ3v) is 3.65. The van der Waals surface area contributed by atoms with E-state index in [2.05, 4.69) is 5.32 Å². The van der Waals surface area contributed by atoms with E-state index in [0.717, 1.165) is 6.26 Å². The molecule has 1 atom stereocenters. The van der Waals surface area contributed by atoms with Crippen LogP contribution in [0.4, 0.5) is 0 Å². The molecule has 5 nitrogen and oxygen atoms in total. The molecule has 0 fully saturated rings. The summed E-state index contributed by atoms with van der Waals surface area (Å²) in [5.41, 5.74) is 5.83. The van der Waals surface area contributed by atoms with Gasteiger partial charge in [-0.15, -0.1) is 0 Å². The van der Waals surface area contributed by atoms with Crippen molar-refractivity contribution >= 4 is 15.7 Å². The van der Waals surface area contributed by atoms with Crippen molar-refractivity contribution in [2.75, 3.05) is 12.8 Å². The fraction of sp³-hybridized carbons (Fsp3) is 0.417. The summed E-state index contributed by atoms with van der Waals surface area (Å²) in [4.78, 5) is 12.0. The van der Waals surface area contributed by atoms with Crippen molar-refractivity contribution in [2.45, 2.75) is 24.3 Å². The van der Waals surface area contributed by atoms with E-state index in [0.29, 0.717) is 18.5 Å². The number of carbonyl (C=O) groups excluding carboxylic acids is 1. The zero-order valence-electron chi connectivity index (χ0n) is 10.5. The normalized spacial score (nSPS) is 13.1. The van der Waals surface area contributed by atoms with Gasteiger partial charge in [0.1, 0.15) is 0 Å². The van der Waals surface area contributed by atoms with E-state index in [1.807, 2.05) is 6.92 Å². The number of benzene rings is 1. The number of sulfone groups is 1. The fourth-order valence-electron chi connectivity index (χ4n) is 1.48. The van der Waals surface area contributed by atoms with Crippen LogP contribution in [-0.4, -0.2) is 33.2 Å². The van der Waals surface area contributed by atoms with Gasteiger partial charge in [0.25, 0.3) is 5.91 Å². The molecule has 0 bridgehead atoms. The average Bonchev–Trinajstić information content (AvgIpc) is 2.28. The molecule has 3 N–H and O–H groups in total. The van der Waals surface area contributed by atoms with Crippen LogP contribution in [0.2, 0.25) is 0 Å². The molecule has 0 spiro atoms. The summed E-state index contributed by atoms with van der Waals surface area (Å²) >= 11 is 0. The first-order valence-electron chi connectivity index (χ1n) is 5.65. The third kappa shape index (κ3) is 4.12. The minimum absolute atomic E-state index is 0.00270. The molecule has 0 saturated carbocycles. The van der Waals surface area contributed by atoms with E-state index < -0.39 is 9.84 Å². The first kappa shape index (κ1) is 14.7. The average molecular weight is 270 g/mol. The number of amides is 1. The highest BCUT2D eigenvalue weighted by Crippen LogP contribution is 2.10. The lowest BCUT2D eigenvalue weighted by Gasteiger charge is -2.12. The van der Waals surface area contributed by atoms with E-state index >= 15 is 0 Å². The fourth-order valence-corrected chi connectivity index (χ4v) is 2.11. The molecule has 18 heavy (non-hydrogen) atoms. The predicted molar refractivity (Wildman–Crippen MR) is 70.2 cm³/mol. The Hall–Kier alpha value is -1.40. The van der Waals surface area contributed by atoms with Crippen molar-refractivity contribution in [2.24, 2.45) is 5.73 Å². The molecular formula is C12H18N2O3S. The lowest BCUT2D eigenvalue weighted by Crippen LogP contribution is -2.34. The van der Waals surface area contributed by atoms with Gasteiger partial charge in [0.2, 0.25) is 0 Å². The second kappa shape index (κ2) is 5.97. The summed E-state index contributed by atoms with van der Waals surface area (Å²) < 4.78 is 22.5. The molecule has 0 aliphatic heterocycles. The molecule has 0 aliphatic rings. The summed E-state index contributed by atoms with van der Waals surface area (Å²) in [6.07, 6.45) is 1.83. The van der Waals surface area contributed by atoms with E-state index in [1.165, 1.54) is 24.3 Å². The minimum Gasteiger partial charge on any atom is -0.350 e. The van der Waals surface area contributed by atoms with Gasteiger partial charge in [-0.05, 0) is 44.2 Å². The molecule has 1 amide bonds. The first-order chi connectivity index (χ1) is 8.34. The maximum Gasteiger partial charge on any atom is 0.251 e. The summed E-state index contributed by atoms with van der Waals surface area (Å²) in [5.74, 6) is -0.226. The largest absolute Gasteiger partial charge is 0.350 e. The lowest BCUT2D eigenvalue weighted by molar-refractivity contribution is 0.0939. The molecule has 1 unspecified atom stereocenters. The minimum atomic E-state index is -3.23. The van der Waals surface area contributed by atoms with Gasteiger partial charge in [-0.3, -0.25) is 4.79 Å². The molecular weight excluding hydrogens is 252 g/mol. The van der Waals surface area contributed by atoms with Gasteiger partial charge in [-0.2, -0.15) is 0 Å². The highest BCUT2D eigenvalue weighted by molar-refractivity contribution is 7.90. The van der Waals surface area contributed by atoms with Crippen LogP contribution in [0.25, 0.3) is 0 Å². The third-order valence-electron chi connectivity index (χ3n) is 2.52. The van der Waals surface area contributed by atoms with Crippen molar-refractivity contribution < 1.29 is 13.2 Å². The van der Waals surface area contributed by atoms with Crippen LogP contribution in [0.15, 0.2) is 29.2 Å². The van der Waals surface area contributed by atoms with Gasteiger partial charge in [0.15, 0.2) is 9.84 Å². The lowest BCUT2D eigenvalue weighted by atomic mass is 10.2. The first-order valence-corrected chi connectivity index (χ1v) is 7.55. The second-order valence-corrected chi connectivity index (χ2v) is 6.26. The smallest absolute Gasteiger partial charge is 0.251 e. The number of nitrogens with two attached hydrogens (primary N) is 1. The molecule has 100 valence electrons. The Labute approximate surface area is 107 Å². The Bertz CT molecular complexity index is 509. The predicted octanol–water partition coefficient (Wildman–Crippen LogP) is 0.557. The molecule has 1 rings (SSSR count). The van der Waals surface area contributed by atoms with Crippen molar-refractivity contribution in [3.63, 3.8) is 0 Å². The summed E-state index contributed by atoms with van der Waals surface area (Å²) in [7, 11) is -3.23. The SMILES string of the molecule is CC(CCN)NC(=O)c1ccc(S(C)(=O)=O)cc1. The van der Waals surface area contributed by atoms with Crippen molar-refractivity contribution in [3.8, 4) is 0 Å².